The molecule has 0 fully saturated rings. The average molecular weight is 267 g/mol. The van der Waals surface area contributed by atoms with Gasteiger partial charge in [-0.1, -0.05) is 18.2 Å². The van der Waals surface area contributed by atoms with Crippen LogP contribution >= 0.6 is 0 Å². The van der Waals surface area contributed by atoms with Crippen molar-refractivity contribution in [3.8, 4) is 17.2 Å². The van der Waals surface area contributed by atoms with Crippen molar-refractivity contribution in [2.75, 3.05) is 5.32 Å². The van der Waals surface area contributed by atoms with E-state index in [9.17, 15) is 5.11 Å². The second-order valence-corrected chi connectivity index (χ2v) is 4.34. The predicted molar refractivity (Wildman–Crippen MR) is 75.2 cm³/mol. The molecule has 0 aliphatic heterocycles. The Morgan fingerprint density at radius 3 is 2.70 bits per heavy atom. The Bertz CT molecular complexity index is 679. The molecule has 0 spiro atoms. The van der Waals surface area contributed by atoms with Crippen molar-refractivity contribution in [2.45, 2.75) is 6.54 Å². The highest BCUT2D eigenvalue weighted by Crippen LogP contribution is 2.21. The largest absolute Gasteiger partial charge is 0.508 e. The molecule has 3 rings (SSSR count). The molecule has 2 aromatic carbocycles. The Hall–Kier alpha value is -2.82. The molecule has 0 bridgehead atoms. The van der Waals surface area contributed by atoms with Gasteiger partial charge in [-0.15, -0.1) is 10.2 Å². The third-order valence-corrected chi connectivity index (χ3v) is 2.90. The average Bonchev–Trinajstić information content (AvgIpc) is 3.01. The monoisotopic (exact) mass is 267 g/mol. The molecule has 0 aliphatic rings. The van der Waals surface area contributed by atoms with Crippen LogP contribution in [-0.4, -0.2) is 15.3 Å². The van der Waals surface area contributed by atoms with Crippen molar-refractivity contribution in [2.24, 2.45) is 0 Å². The summed E-state index contributed by atoms with van der Waals surface area (Å²) in [7, 11) is 0. The van der Waals surface area contributed by atoms with Gasteiger partial charge in [0.15, 0.2) is 0 Å². The first kappa shape index (κ1) is 12.2. The second kappa shape index (κ2) is 5.44. The van der Waals surface area contributed by atoms with Gasteiger partial charge in [-0.2, -0.15) is 0 Å². The van der Waals surface area contributed by atoms with Gasteiger partial charge in [0.1, 0.15) is 5.75 Å². The van der Waals surface area contributed by atoms with Gasteiger partial charge in [0.2, 0.25) is 12.3 Å². The zero-order valence-electron chi connectivity index (χ0n) is 10.7. The Kier molecular flexibility index (Phi) is 3.33. The smallest absolute Gasteiger partial charge is 0.247 e. The number of hydrogen-bond donors (Lipinski definition) is 2. The summed E-state index contributed by atoms with van der Waals surface area (Å²) < 4.78 is 5.17. The van der Waals surface area contributed by atoms with Crippen LogP contribution in [0.5, 0.6) is 5.75 Å². The molecule has 0 aliphatic carbocycles. The Morgan fingerprint density at radius 2 is 1.95 bits per heavy atom. The summed E-state index contributed by atoms with van der Waals surface area (Å²) in [6.45, 7) is 0.674. The summed E-state index contributed by atoms with van der Waals surface area (Å²) in [4.78, 5) is 0. The highest BCUT2D eigenvalue weighted by Gasteiger charge is 2.04. The van der Waals surface area contributed by atoms with Crippen LogP contribution in [0, 0.1) is 0 Å². The molecule has 20 heavy (non-hydrogen) atoms. The first-order valence-electron chi connectivity index (χ1n) is 6.20. The van der Waals surface area contributed by atoms with E-state index in [0.29, 0.717) is 12.4 Å². The molecule has 0 saturated carbocycles. The fourth-order valence-electron chi connectivity index (χ4n) is 1.88. The molecule has 5 nitrogen and oxygen atoms in total. The Labute approximate surface area is 115 Å². The lowest BCUT2D eigenvalue weighted by Crippen LogP contribution is -1.99. The number of benzene rings is 2. The minimum Gasteiger partial charge on any atom is -0.508 e. The van der Waals surface area contributed by atoms with Crippen LogP contribution in [0.4, 0.5) is 5.69 Å². The summed E-state index contributed by atoms with van der Waals surface area (Å²) in [5.41, 5.74) is 2.93. The van der Waals surface area contributed by atoms with E-state index in [2.05, 4.69) is 15.5 Å². The fraction of sp³-hybridized carbons (Fsp3) is 0.0667. The van der Waals surface area contributed by atoms with Crippen LogP contribution in [0.1, 0.15) is 5.56 Å². The molecule has 100 valence electrons. The van der Waals surface area contributed by atoms with Crippen LogP contribution in [0.15, 0.2) is 59.3 Å². The third kappa shape index (κ3) is 2.77. The molecule has 5 heteroatoms. The van der Waals surface area contributed by atoms with E-state index in [1.807, 2.05) is 36.4 Å². The molecule has 3 aromatic rings. The number of rotatable bonds is 4. The summed E-state index contributed by atoms with van der Waals surface area (Å²) >= 11 is 0. The first-order chi connectivity index (χ1) is 9.81. The van der Waals surface area contributed by atoms with Crippen LogP contribution in [0.25, 0.3) is 11.5 Å². The maximum atomic E-state index is 9.24. The van der Waals surface area contributed by atoms with Crippen molar-refractivity contribution in [1.82, 2.24) is 10.2 Å². The SMILES string of the molecule is Oc1ccc(CNc2cccc(-c3nnco3)c2)cc1. The van der Waals surface area contributed by atoms with E-state index >= 15 is 0 Å². The molecular formula is C15H13N3O2. The zero-order valence-corrected chi connectivity index (χ0v) is 10.7. The van der Waals surface area contributed by atoms with Gasteiger partial charge >= 0.3 is 0 Å². The van der Waals surface area contributed by atoms with E-state index in [1.54, 1.807) is 12.1 Å². The predicted octanol–water partition coefficient (Wildman–Crippen LogP) is 3.05. The molecule has 0 saturated heterocycles. The van der Waals surface area contributed by atoms with Crippen LogP contribution in [-0.2, 0) is 6.54 Å². The molecule has 0 amide bonds. The van der Waals surface area contributed by atoms with Crippen LogP contribution < -0.4 is 5.32 Å². The van der Waals surface area contributed by atoms with Crippen LogP contribution in [0.3, 0.4) is 0 Å². The fourth-order valence-corrected chi connectivity index (χ4v) is 1.88. The normalized spacial score (nSPS) is 10.4. The second-order valence-electron chi connectivity index (χ2n) is 4.34. The number of aromatic hydroxyl groups is 1. The topological polar surface area (TPSA) is 71.2 Å². The lowest BCUT2D eigenvalue weighted by molar-refractivity contribution is 0.475. The summed E-state index contributed by atoms with van der Waals surface area (Å²) in [5.74, 6) is 0.769. The highest BCUT2D eigenvalue weighted by atomic mass is 16.4. The molecule has 0 atom stereocenters. The number of phenolic OH excluding ortho intramolecular Hbond substituents is 1. The number of nitrogens with one attached hydrogen (secondary N) is 1. The molecule has 1 aromatic heterocycles. The minimum absolute atomic E-state index is 0.271. The van der Waals surface area contributed by atoms with Crippen LogP contribution in [0.2, 0.25) is 0 Å². The Morgan fingerprint density at radius 1 is 1.10 bits per heavy atom. The number of phenols is 1. The number of nitrogens with zero attached hydrogens (tertiary/aromatic N) is 2. The molecule has 0 unspecified atom stereocenters. The van der Waals surface area contributed by atoms with Gasteiger partial charge in [-0.3, -0.25) is 0 Å². The van der Waals surface area contributed by atoms with Crippen molar-refractivity contribution in [3.05, 3.63) is 60.5 Å². The van der Waals surface area contributed by atoms with Gasteiger partial charge < -0.3 is 14.8 Å². The lowest BCUT2D eigenvalue weighted by atomic mass is 10.2. The van der Waals surface area contributed by atoms with E-state index in [1.165, 1.54) is 6.39 Å². The van der Waals surface area contributed by atoms with Crippen molar-refractivity contribution in [3.63, 3.8) is 0 Å². The minimum atomic E-state index is 0.271. The van der Waals surface area contributed by atoms with Crippen molar-refractivity contribution < 1.29 is 9.52 Å². The lowest BCUT2D eigenvalue weighted by Gasteiger charge is -2.07. The number of hydrogen-bond acceptors (Lipinski definition) is 5. The van der Waals surface area contributed by atoms with Crippen molar-refractivity contribution in [1.29, 1.82) is 0 Å². The van der Waals surface area contributed by atoms with E-state index in [-0.39, 0.29) is 5.75 Å². The molecule has 2 N–H and O–H groups in total. The third-order valence-electron chi connectivity index (χ3n) is 2.90. The summed E-state index contributed by atoms with van der Waals surface area (Å²) in [6.07, 6.45) is 1.31. The van der Waals surface area contributed by atoms with Gasteiger partial charge in [0, 0.05) is 17.8 Å². The maximum absolute atomic E-state index is 9.24. The maximum Gasteiger partial charge on any atom is 0.247 e. The molecule has 0 radical (unpaired) electrons. The molecule has 1 heterocycles. The van der Waals surface area contributed by atoms with Gasteiger partial charge in [0.05, 0.1) is 0 Å². The van der Waals surface area contributed by atoms with E-state index in [0.717, 1.165) is 16.8 Å². The quantitative estimate of drug-likeness (QED) is 0.760. The van der Waals surface area contributed by atoms with E-state index < -0.39 is 0 Å². The van der Waals surface area contributed by atoms with Crippen molar-refractivity contribution >= 4 is 5.69 Å². The van der Waals surface area contributed by atoms with E-state index in [4.69, 9.17) is 4.42 Å². The highest BCUT2D eigenvalue weighted by molar-refractivity contribution is 5.60. The number of anilines is 1. The van der Waals surface area contributed by atoms with Gasteiger partial charge in [-0.25, -0.2) is 0 Å². The van der Waals surface area contributed by atoms with Gasteiger partial charge in [0.25, 0.3) is 0 Å². The molecular weight excluding hydrogens is 254 g/mol. The van der Waals surface area contributed by atoms with Gasteiger partial charge in [-0.05, 0) is 35.9 Å². The zero-order chi connectivity index (χ0) is 13.8. The summed E-state index contributed by atoms with van der Waals surface area (Å²) in [5, 5.41) is 20.1. The standard InChI is InChI=1S/C15H13N3O2/c19-14-6-4-11(5-7-14)9-16-13-3-1-2-12(8-13)15-18-17-10-20-15/h1-8,10,16,19H,9H2. The number of aromatic nitrogens is 2. The first-order valence-corrected chi connectivity index (χ1v) is 6.20. The Balaban J connectivity index is 1.72. The summed E-state index contributed by atoms with van der Waals surface area (Å²) in [6, 6.07) is 14.9.